The molecule has 0 radical (unpaired) electrons. The van der Waals surface area contributed by atoms with E-state index in [0.29, 0.717) is 16.0 Å². The summed E-state index contributed by atoms with van der Waals surface area (Å²) in [5, 5.41) is 2.13. The Bertz CT molecular complexity index is 610. The predicted octanol–water partition coefficient (Wildman–Crippen LogP) is 5.40. The molecule has 7 heteroatoms. The average molecular weight is 434 g/mol. The molecule has 1 rings (SSSR count). The molecular formula is C18H25BrFNO3S. The van der Waals surface area contributed by atoms with Crippen molar-refractivity contribution in [3.05, 3.63) is 22.4 Å². The Labute approximate surface area is 161 Å². The number of anilines is 1. The fourth-order valence-corrected chi connectivity index (χ4v) is 3.61. The van der Waals surface area contributed by atoms with E-state index in [-0.39, 0.29) is 29.9 Å². The van der Waals surface area contributed by atoms with Gasteiger partial charge in [0.25, 0.3) is 0 Å². The Morgan fingerprint density at radius 3 is 2.56 bits per heavy atom. The second-order valence-electron chi connectivity index (χ2n) is 5.97. The Morgan fingerprint density at radius 2 is 2.00 bits per heavy atom. The van der Waals surface area contributed by atoms with Crippen LogP contribution in [0.25, 0.3) is 0 Å². The summed E-state index contributed by atoms with van der Waals surface area (Å²) in [7, 11) is 0. The quantitative estimate of drug-likeness (QED) is 0.321. The van der Waals surface area contributed by atoms with Crippen LogP contribution in [-0.4, -0.2) is 23.7 Å². The molecule has 1 unspecified atom stereocenters. The summed E-state index contributed by atoms with van der Waals surface area (Å²) in [5.41, 5.74) is 0.111. The molecule has 1 amide bonds. The molecule has 0 heterocycles. The molecule has 1 aromatic rings. The largest absolute Gasteiger partial charge is 0.465 e. The molecule has 0 saturated heterocycles. The van der Waals surface area contributed by atoms with Gasteiger partial charge < -0.3 is 10.1 Å². The van der Waals surface area contributed by atoms with Crippen molar-refractivity contribution in [2.75, 3.05) is 11.9 Å². The van der Waals surface area contributed by atoms with Gasteiger partial charge in [-0.1, -0.05) is 34.1 Å². The third-order valence-corrected chi connectivity index (χ3v) is 5.95. The van der Waals surface area contributed by atoms with Gasteiger partial charge in [0.15, 0.2) is 0 Å². The van der Waals surface area contributed by atoms with Crippen LogP contribution < -0.4 is 5.32 Å². The van der Waals surface area contributed by atoms with Gasteiger partial charge in [-0.05, 0) is 40.4 Å². The normalized spacial score (nSPS) is 12.1. The van der Waals surface area contributed by atoms with Gasteiger partial charge >= 0.3 is 5.97 Å². The number of hydrogen-bond donors (Lipinski definition) is 1. The van der Waals surface area contributed by atoms with Crippen molar-refractivity contribution in [2.45, 2.75) is 57.1 Å². The van der Waals surface area contributed by atoms with Gasteiger partial charge in [0, 0.05) is 15.8 Å². The van der Waals surface area contributed by atoms with E-state index in [4.69, 9.17) is 4.74 Å². The Morgan fingerprint density at radius 1 is 1.32 bits per heavy atom. The van der Waals surface area contributed by atoms with Crippen LogP contribution in [0.3, 0.4) is 0 Å². The first-order valence-electron chi connectivity index (χ1n) is 8.42. The lowest BCUT2D eigenvalue weighted by molar-refractivity contribution is -0.143. The Hall–Kier alpha value is -1.08. The van der Waals surface area contributed by atoms with Gasteiger partial charge in [0.05, 0.1) is 12.3 Å². The van der Waals surface area contributed by atoms with E-state index >= 15 is 0 Å². The molecule has 0 spiro atoms. The molecule has 0 aliphatic rings. The summed E-state index contributed by atoms with van der Waals surface area (Å²) >= 11 is 4.64. The Kier molecular flexibility index (Phi) is 9.50. The topological polar surface area (TPSA) is 55.4 Å². The van der Waals surface area contributed by atoms with E-state index in [9.17, 15) is 14.0 Å². The predicted molar refractivity (Wildman–Crippen MR) is 103 cm³/mol. The van der Waals surface area contributed by atoms with Crippen LogP contribution in [0.2, 0.25) is 0 Å². The monoisotopic (exact) mass is 433 g/mol. The number of carbonyl (C=O) groups excluding carboxylic acids is 2. The van der Waals surface area contributed by atoms with Crippen LogP contribution in [0.5, 0.6) is 0 Å². The standard InChI is InChI=1S/C18H25BrFNO3S/c1-5-7-8-24-18(23)17(11(3)4)25-15-10-14(21-16(22)6-2)13(20)9-12(15)19/h9-11,17H,5-8H2,1-4H3,(H,21,22). The van der Waals surface area contributed by atoms with E-state index < -0.39 is 11.1 Å². The zero-order valence-electron chi connectivity index (χ0n) is 15.0. The number of ether oxygens (including phenoxy) is 1. The number of esters is 1. The number of benzene rings is 1. The number of hydrogen-bond acceptors (Lipinski definition) is 4. The smallest absolute Gasteiger partial charge is 0.319 e. The van der Waals surface area contributed by atoms with Crippen LogP contribution in [-0.2, 0) is 14.3 Å². The highest BCUT2D eigenvalue weighted by Gasteiger charge is 2.26. The number of carbonyl (C=O) groups is 2. The third-order valence-electron chi connectivity index (χ3n) is 3.45. The molecule has 0 aliphatic carbocycles. The van der Waals surface area contributed by atoms with Gasteiger partial charge in [0.1, 0.15) is 11.1 Å². The SMILES string of the molecule is CCCCOC(=O)C(Sc1cc(NC(=O)CC)c(F)cc1Br)C(C)C. The van der Waals surface area contributed by atoms with E-state index in [1.165, 1.54) is 17.8 Å². The molecule has 140 valence electrons. The maximum atomic E-state index is 14.0. The van der Waals surface area contributed by atoms with Crippen LogP contribution >= 0.6 is 27.7 Å². The summed E-state index contributed by atoms with van der Waals surface area (Å²) in [6, 6.07) is 2.85. The summed E-state index contributed by atoms with van der Waals surface area (Å²) < 4.78 is 19.9. The minimum atomic E-state index is -0.523. The molecule has 25 heavy (non-hydrogen) atoms. The maximum Gasteiger partial charge on any atom is 0.319 e. The minimum Gasteiger partial charge on any atom is -0.465 e. The fraction of sp³-hybridized carbons (Fsp3) is 0.556. The second kappa shape index (κ2) is 10.8. The summed E-state index contributed by atoms with van der Waals surface area (Å²) in [5.74, 6) is -1.02. The first-order valence-corrected chi connectivity index (χ1v) is 10.1. The molecule has 1 atom stereocenters. The number of amides is 1. The molecular weight excluding hydrogens is 409 g/mol. The molecule has 4 nitrogen and oxygen atoms in total. The van der Waals surface area contributed by atoms with Crippen LogP contribution in [0.1, 0.15) is 47.0 Å². The van der Waals surface area contributed by atoms with Crippen LogP contribution in [0, 0.1) is 11.7 Å². The maximum absolute atomic E-state index is 14.0. The van der Waals surface area contributed by atoms with Crippen molar-refractivity contribution in [3.63, 3.8) is 0 Å². The van der Waals surface area contributed by atoms with Crippen molar-refractivity contribution < 1.29 is 18.7 Å². The second-order valence-corrected chi connectivity index (χ2v) is 8.01. The average Bonchev–Trinajstić information content (AvgIpc) is 2.55. The van der Waals surface area contributed by atoms with E-state index in [2.05, 4.69) is 21.2 Å². The number of rotatable bonds is 9. The molecule has 0 aromatic heterocycles. The lowest BCUT2D eigenvalue weighted by Crippen LogP contribution is -2.26. The molecule has 0 saturated carbocycles. The van der Waals surface area contributed by atoms with Crippen molar-refractivity contribution in [1.29, 1.82) is 0 Å². The zero-order chi connectivity index (χ0) is 19.0. The first-order chi connectivity index (χ1) is 11.8. The zero-order valence-corrected chi connectivity index (χ0v) is 17.4. The highest BCUT2D eigenvalue weighted by molar-refractivity contribution is 9.10. The molecule has 0 bridgehead atoms. The lowest BCUT2D eigenvalue weighted by Gasteiger charge is -2.20. The number of unbranched alkanes of at least 4 members (excludes halogenated alkanes) is 1. The van der Waals surface area contributed by atoms with E-state index in [1.807, 2.05) is 20.8 Å². The van der Waals surface area contributed by atoms with Gasteiger partial charge in [0.2, 0.25) is 5.91 Å². The van der Waals surface area contributed by atoms with Crippen molar-refractivity contribution in [2.24, 2.45) is 5.92 Å². The van der Waals surface area contributed by atoms with Crippen LogP contribution in [0.4, 0.5) is 10.1 Å². The number of halogens is 2. The molecule has 0 aliphatic heterocycles. The van der Waals surface area contributed by atoms with Crippen molar-refractivity contribution >= 4 is 45.3 Å². The van der Waals surface area contributed by atoms with Gasteiger partial charge in [-0.15, -0.1) is 11.8 Å². The molecule has 1 aromatic carbocycles. The van der Waals surface area contributed by atoms with Crippen molar-refractivity contribution in [1.82, 2.24) is 0 Å². The van der Waals surface area contributed by atoms with Gasteiger partial charge in [-0.2, -0.15) is 0 Å². The Balaban J connectivity index is 2.98. The summed E-state index contributed by atoms with van der Waals surface area (Å²) in [4.78, 5) is 24.6. The van der Waals surface area contributed by atoms with Gasteiger partial charge in [-0.25, -0.2) is 4.39 Å². The number of nitrogens with one attached hydrogen (secondary N) is 1. The van der Waals surface area contributed by atoms with Crippen molar-refractivity contribution in [3.8, 4) is 0 Å². The number of thioether (sulfide) groups is 1. The van der Waals surface area contributed by atoms with E-state index in [0.717, 1.165) is 12.8 Å². The molecule has 1 N–H and O–H groups in total. The highest BCUT2D eigenvalue weighted by atomic mass is 79.9. The minimum absolute atomic E-state index is 0.0461. The molecule has 0 fully saturated rings. The van der Waals surface area contributed by atoms with Gasteiger partial charge in [-0.3, -0.25) is 9.59 Å². The summed E-state index contributed by atoms with van der Waals surface area (Å²) in [6.07, 6.45) is 2.04. The fourth-order valence-electron chi connectivity index (χ4n) is 1.95. The first kappa shape index (κ1) is 22.0. The third kappa shape index (κ3) is 6.98. The summed E-state index contributed by atoms with van der Waals surface area (Å²) in [6.45, 7) is 8.01. The lowest BCUT2D eigenvalue weighted by atomic mass is 10.1. The van der Waals surface area contributed by atoms with E-state index in [1.54, 1.807) is 13.0 Å². The van der Waals surface area contributed by atoms with Crippen LogP contribution in [0.15, 0.2) is 21.5 Å². The highest BCUT2D eigenvalue weighted by Crippen LogP contribution is 2.37.